The van der Waals surface area contributed by atoms with Crippen LogP contribution in [0, 0.1) is 17.8 Å². The van der Waals surface area contributed by atoms with E-state index in [4.69, 9.17) is 0 Å². The van der Waals surface area contributed by atoms with Gasteiger partial charge < -0.3 is 26.6 Å². The van der Waals surface area contributed by atoms with E-state index in [9.17, 15) is 24.0 Å². The Morgan fingerprint density at radius 1 is 0.600 bits per heavy atom. The smallest absolute Gasteiger partial charge is 0.244 e. The van der Waals surface area contributed by atoms with Gasteiger partial charge in [-0.1, -0.05) is 63.1 Å². The van der Waals surface area contributed by atoms with Crippen molar-refractivity contribution in [2.45, 2.75) is 84.6 Å². The summed E-state index contributed by atoms with van der Waals surface area (Å²) in [6.45, 7) is 11.3. The second-order valence-corrected chi connectivity index (χ2v) is 12.9. The van der Waals surface area contributed by atoms with Crippen LogP contribution in [-0.4, -0.2) is 71.3 Å². The van der Waals surface area contributed by atoms with Crippen LogP contribution < -0.4 is 26.6 Å². The second kappa shape index (κ2) is 13.4. The minimum atomic E-state index is -0.892. The van der Waals surface area contributed by atoms with Crippen LogP contribution in [0.1, 0.15) is 54.4 Å². The maximum Gasteiger partial charge on any atom is 0.244 e. The van der Waals surface area contributed by atoms with E-state index in [1.807, 2.05) is 27.7 Å². The normalized spacial score (nSPS) is 29.4. The van der Waals surface area contributed by atoms with Crippen LogP contribution in [0.25, 0.3) is 0 Å². The molecule has 2 rings (SSSR count). The Labute approximate surface area is 215 Å². The molecular formula is C23H39N5O5S2. The second-order valence-electron chi connectivity index (χ2n) is 10.3. The fourth-order valence-electron chi connectivity index (χ4n) is 3.87. The first kappa shape index (κ1) is 29.3. The van der Waals surface area contributed by atoms with Crippen molar-refractivity contribution in [2.24, 2.45) is 17.8 Å². The highest BCUT2D eigenvalue weighted by Crippen LogP contribution is 2.25. The molecule has 0 aromatic rings. The molecule has 198 valence electrons. The van der Waals surface area contributed by atoms with E-state index in [0.717, 1.165) is 0 Å². The number of amides is 5. The zero-order valence-electron chi connectivity index (χ0n) is 21.3. The van der Waals surface area contributed by atoms with Crippen LogP contribution in [0.5, 0.6) is 0 Å². The van der Waals surface area contributed by atoms with Gasteiger partial charge >= 0.3 is 0 Å². The maximum atomic E-state index is 13.3. The minimum Gasteiger partial charge on any atom is -0.343 e. The van der Waals surface area contributed by atoms with Gasteiger partial charge in [0.25, 0.3) is 0 Å². The number of hydrogen-bond donors (Lipinski definition) is 5. The number of hydrogen-bond acceptors (Lipinski definition) is 7. The summed E-state index contributed by atoms with van der Waals surface area (Å²) in [6.07, 6.45) is 0.734. The lowest BCUT2D eigenvalue weighted by molar-refractivity contribution is -0.134. The molecule has 0 radical (unpaired) electrons. The molecule has 35 heavy (non-hydrogen) atoms. The van der Waals surface area contributed by atoms with Crippen molar-refractivity contribution in [1.29, 1.82) is 0 Å². The van der Waals surface area contributed by atoms with E-state index in [1.165, 1.54) is 21.6 Å². The first-order valence-electron chi connectivity index (χ1n) is 12.1. The van der Waals surface area contributed by atoms with Crippen molar-refractivity contribution >= 4 is 51.1 Å². The maximum absolute atomic E-state index is 13.3. The largest absolute Gasteiger partial charge is 0.343 e. The summed E-state index contributed by atoms with van der Waals surface area (Å²) < 4.78 is 0. The first-order chi connectivity index (χ1) is 16.4. The molecule has 2 aliphatic heterocycles. The van der Waals surface area contributed by atoms with Crippen molar-refractivity contribution in [1.82, 2.24) is 26.6 Å². The van der Waals surface area contributed by atoms with E-state index >= 15 is 0 Å². The Balaban J connectivity index is 2.47. The summed E-state index contributed by atoms with van der Waals surface area (Å²) in [5.41, 5.74) is 0. The van der Waals surface area contributed by atoms with Gasteiger partial charge in [0.2, 0.25) is 29.5 Å². The highest BCUT2D eigenvalue weighted by Gasteiger charge is 2.36. The van der Waals surface area contributed by atoms with Crippen LogP contribution in [0.15, 0.2) is 0 Å². The summed E-state index contributed by atoms with van der Waals surface area (Å²) in [5.74, 6) is -1.79. The molecule has 2 aliphatic rings. The molecule has 0 aliphatic carbocycles. The van der Waals surface area contributed by atoms with E-state index in [-0.39, 0.29) is 17.8 Å². The summed E-state index contributed by atoms with van der Waals surface area (Å²) in [6, 6.07) is -4.36. The van der Waals surface area contributed by atoms with E-state index in [0.29, 0.717) is 24.3 Å². The molecule has 2 bridgehead atoms. The Kier molecular flexibility index (Phi) is 11.2. The molecule has 5 amide bonds. The van der Waals surface area contributed by atoms with Crippen molar-refractivity contribution in [3.05, 3.63) is 0 Å². The molecule has 0 aromatic heterocycles. The molecule has 0 saturated carbocycles. The molecule has 10 nitrogen and oxygen atoms in total. The van der Waals surface area contributed by atoms with Crippen LogP contribution in [-0.2, 0) is 24.0 Å². The van der Waals surface area contributed by atoms with Crippen LogP contribution in [0.2, 0.25) is 0 Å². The minimum absolute atomic E-state index is 0.0938. The summed E-state index contributed by atoms with van der Waals surface area (Å²) >= 11 is 0. The Bertz CT molecular complexity index is 807. The molecule has 5 atom stereocenters. The van der Waals surface area contributed by atoms with Crippen molar-refractivity contribution in [3.63, 3.8) is 0 Å². The number of nitrogens with one attached hydrogen (secondary N) is 5. The zero-order valence-corrected chi connectivity index (χ0v) is 22.9. The average molecular weight is 530 g/mol. The number of carbonyl (C=O) groups excluding carboxylic acids is 5. The van der Waals surface area contributed by atoms with Crippen LogP contribution in [0.3, 0.4) is 0 Å². The molecule has 0 aromatic carbocycles. The van der Waals surface area contributed by atoms with Gasteiger partial charge in [0, 0.05) is 11.5 Å². The van der Waals surface area contributed by atoms with Crippen molar-refractivity contribution < 1.29 is 24.0 Å². The fraction of sp³-hybridized carbons (Fsp3) is 0.783. The lowest BCUT2D eigenvalue weighted by Crippen LogP contribution is -2.60. The summed E-state index contributed by atoms with van der Waals surface area (Å²) in [4.78, 5) is 65.6. The number of fused-ring (bicyclic) bond motifs is 3. The summed E-state index contributed by atoms with van der Waals surface area (Å²) in [5, 5.41) is 13.8. The standard InChI is InChI=1S/C23H39N5O5S2/c1-11(2)7-14-20(30)26-16-9-34-35-10-17(27-21(16)31)22(32)28-18(13(5)6)23(33)25-15(8-12(3)4)19(29)24-14/h11-18H,7-10H2,1-6H3,(H,24,29)(H,25,33)(H,26,30)(H,27,31)(H,28,32)/t14-,15-,16-,17-,18+/m0/s1. The number of carbonyl (C=O) groups is 5. The van der Waals surface area contributed by atoms with Gasteiger partial charge in [0.05, 0.1) is 0 Å². The third-order valence-electron chi connectivity index (χ3n) is 5.75. The van der Waals surface area contributed by atoms with Gasteiger partial charge in [0.15, 0.2) is 0 Å². The third-order valence-corrected chi connectivity index (χ3v) is 8.17. The fourth-order valence-corrected chi connectivity index (χ4v) is 6.20. The summed E-state index contributed by atoms with van der Waals surface area (Å²) in [7, 11) is 2.80. The predicted octanol–water partition coefficient (Wildman–Crippen LogP) is 0.567. The Morgan fingerprint density at radius 2 is 1.00 bits per heavy atom. The molecule has 2 fully saturated rings. The molecule has 0 spiro atoms. The topological polar surface area (TPSA) is 146 Å². The highest BCUT2D eigenvalue weighted by molar-refractivity contribution is 8.76. The Hall–Kier alpha value is -1.95. The molecule has 2 heterocycles. The van der Waals surface area contributed by atoms with E-state index in [1.54, 1.807) is 13.8 Å². The SMILES string of the molecule is CC(C)C[C@@H]1NC(=O)[C@H](CC(C)C)NC(=O)[C@@H](C(C)C)NC(=O)[C@@H]2CSSC[C@H](NC1=O)C(=O)N2. The molecule has 12 heteroatoms. The van der Waals surface area contributed by atoms with Crippen molar-refractivity contribution in [2.75, 3.05) is 11.5 Å². The highest BCUT2D eigenvalue weighted by atomic mass is 33.1. The number of rotatable bonds is 5. The van der Waals surface area contributed by atoms with E-state index < -0.39 is 59.7 Å². The van der Waals surface area contributed by atoms with E-state index in [2.05, 4.69) is 26.6 Å². The van der Waals surface area contributed by atoms with Crippen molar-refractivity contribution in [3.8, 4) is 0 Å². The monoisotopic (exact) mass is 529 g/mol. The van der Waals surface area contributed by atoms with Gasteiger partial charge in [-0.3, -0.25) is 24.0 Å². The quantitative estimate of drug-likeness (QED) is 0.327. The Morgan fingerprint density at radius 3 is 1.46 bits per heavy atom. The zero-order chi connectivity index (χ0) is 26.3. The van der Waals surface area contributed by atoms with Crippen LogP contribution >= 0.6 is 21.6 Å². The van der Waals surface area contributed by atoms with Gasteiger partial charge in [-0.2, -0.15) is 0 Å². The van der Waals surface area contributed by atoms with Crippen LogP contribution in [0.4, 0.5) is 0 Å². The lowest BCUT2D eigenvalue weighted by atomic mass is 9.98. The molecule has 2 saturated heterocycles. The van der Waals surface area contributed by atoms with Gasteiger partial charge in [-0.15, -0.1) is 0 Å². The predicted molar refractivity (Wildman–Crippen MR) is 138 cm³/mol. The van der Waals surface area contributed by atoms with Gasteiger partial charge in [-0.25, -0.2) is 0 Å². The average Bonchev–Trinajstić information content (AvgIpc) is 2.74. The van der Waals surface area contributed by atoms with Gasteiger partial charge in [-0.05, 0) is 30.6 Å². The molecule has 0 unspecified atom stereocenters. The third kappa shape index (κ3) is 8.89. The molecular weight excluding hydrogens is 490 g/mol. The van der Waals surface area contributed by atoms with Gasteiger partial charge in [0.1, 0.15) is 30.2 Å². The molecule has 5 N–H and O–H groups in total. The lowest BCUT2D eigenvalue weighted by Gasteiger charge is -2.28. The first-order valence-corrected chi connectivity index (χ1v) is 14.6.